The summed E-state index contributed by atoms with van der Waals surface area (Å²) in [5.41, 5.74) is 5.22. The summed E-state index contributed by atoms with van der Waals surface area (Å²) in [6.45, 7) is 11.9. The van der Waals surface area contributed by atoms with Gasteiger partial charge < -0.3 is 21.7 Å². The third-order valence-corrected chi connectivity index (χ3v) is 7.44. The molecule has 0 aliphatic rings. The van der Waals surface area contributed by atoms with Crippen molar-refractivity contribution in [2.24, 2.45) is 17.6 Å². The third kappa shape index (κ3) is 18.6. The van der Waals surface area contributed by atoms with E-state index in [1.807, 2.05) is 13.8 Å². The van der Waals surface area contributed by atoms with Crippen molar-refractivity contribution < 1.29 is 14.4 Å². The van der Waals surface area contributed by atoms with Gasteiger partial charge in [0, 0.05) is 12.5 Å². The highest BCUT2D eigenvalue weighted by molar-refractivity contribution is 5.92. The van der Waals surface area contributed by atoms with Crippen LogP contribution in [-0.2, 0) is 9.59 Å². The van der Waals surface area contributed by atoms with Crippen LogP contribution in [0.4, 0.5) is 4.79 Å². The van der Waals surface area contributed by atoms with E-state index in [0.717, 1.165) is 57.9 Å². The van der Waals surface area contributed by atoms with Crippen LogP contribution in [0.5, 0.6) is 0 Å². The van der Waals surface area contributed by atoms with Gasteiger partial charge in [-0.15, -0.1) is 0 Å². The van der Waals surface area contributed by atoms with Gasteiger partial charge in [-0.2, -0.15) is 0 Å². The van der Waals surface area contributed by atoms with Gasteiger partial charge in [0.25, 0.3) is 0 Å². The Balaban J connectivity index is 5.34. The van der Waals surface area contributed by atoms with Gasteiger partial charge in [-0.25, -0.2) is 4.79 Å². The summed E-state index contributed by atoms with van der Waals surface area (Å²) in [4.78, 5) is 38.4. The summed E-state index contributed by atoms with van der Waals surface area (Å²) in [5.74, 6) is 0.162. The number of amides is 3. The first kappa shape index (κ1) is 36.4. The van der Waals surface area contributed by atoms with E-state index >= 15 is 0 Å². The number of Topliss-reactive ketones (excluding diaryl/α,β-unsaturated/α-hetero) is 1. The molecule has 3 amide bonds. The molecule has 38 heavy (non-hydrogen) atoms. The Morgan fingerprint density at radius 2 is 1.18 bits per heavy atom. The van der Waals surface area contributed by atoms with Gasteiger partial charge in [0.2, 0.25) is 5.91 Å². The first-order valence-corrected chi connectivity index (χ1v) is 15.9. The molecular weight excluding hydrogens is 476 g/mol. The molecule has 0 rings (SSSR count). The van der Waals surface area contributed by atoms with Crippen molar-refractivity contribution in [1.29, 1.82) is 0 Å². The van der Waals surface area contributed by atoms with E-state index in [9.17, 15) is 14.4 Å². The molecule has 0 saturated carbocycles. The van der Waals surface area contributed by atoms with Crippen molar-refractivity contribution in [3.63, 3.8) is 0 Å². The smallest absolute Gasteiger partial charge is 0.312 e. The Labute approximate surface area is 234 Å². The van der Waals surface area contributed by atoms with Crippen LogP contribution in [0.3, 0.4) is 0 Å². The molecule has 0 radical (unpaired) electrons. The second kappa shape index (κ2) is 24.4. The molecule has 0 bridgehead atoms. The third-order valence-electron chi connectivity index (χ3n) is 7.44. The molecule has 0 saturated heterocycles. The standard InChI is InChI=1S/C31H62N4O3/c1-6-9-12-14-17-21-26(20-16-11-8-3)29(36)27(22-19-24-34-31(32)38)35-30(37)28(25(4)5)33-23-18-15-13-10-7-2/h25-28,33H,6-24H2,1-5H3,(H,35,37)(H3,32,34,38)/t26?,27-,28-/m0/s1. The molecule has 0 aromatic rings. The SMILES string of the molecule is CCCCCCCN[C@H](C(=O)N[C@@H](CCCNC(N)=O)C(=O)C(CCCCC)CCCCCCC)C(C)C. The van der Waals surface area contributed by atoms with Crippen LogP contribution in [0.15, 0.2) is 0 Å². The minimum atomic E-state index is -0.565. The number of carbonyl (C=O) groups excluding carboxylic acids is 3. The zero-order valence-corrected chi connectivity index (χ0v) is 25.5. The fraction of sp³-hybridized carbons (Fsp3) is 0.903. The van der Waals surface area contributed by atoms with Gasteiger partial charge in [-0.1, -0.05) is 112 Å². The first-order chi connectivity index (χ1) is 18.3. The van der Waals surface area contributed by atoms with E-state index in [4.69, 9.17) is 5.73 Å². The largest absolute Gasteiger partial charge is 0.352 e. The van der Waals surface area contributed by atoms with Crippen LogP contribution < -0.4 is 21.7 Å². The van der Waals surface area contributed by atoms with Gasteiger partial charge in [0.05, 0.1) is 12.1 Å². The average molecular weight is 539 g/mol. The lowest BCUT2D eigenvalue weighted by atomic mass is 9.86. The number of unbranched alkanes of at least 4 members (excludes halogenated alkanes) is 10. The van der Waals surface area contributed by atoms with Crippen LogP contribution in [0, 0.1) is 11.8 Å². The van der Waals surface area contributed by atoms with E-state index in [2.05, 4.69) is 36.7 Å². The van der Waals surface area contributed by atoms with Gasteiger partial charge in [-0.3, -0.25) is 9.59 Å². The predicted octanol–water partition coefficient (Wildman–Crippen LogP) is 6.63. The Morgan fingerprint density at radius 1 is 0.658 bits per heavy atom. The highest BCUT2D eigenvalue weighted by Crippen LogP contribution is 2.22. The zero-order valence-electron chi connectivity index (χ0n) is 25.5. The molecular formula is C31H62N4O3. The van der Waals surface area contributed by atoms with Crippen LogP contribution in [0.2, 0.25) is 0 Å². The van der Waals surface area contributed by atoms with E-state index in [1.54, 1.807) is 0 Å². The van der Waals surface area contributed by atoms with Crippen molar-refractivity contribution in [1.82, 2.24) is 16.0 Å². The molecule has 0 aliphatic heterocycles. The monoisotopic (exact) mass is 538 g/mol. The second-order valence-corrected chi connectivity index (χ2v) is 11.4. The average Bonchev–Trinajstić information content (AvgIpc) is 2.88. The molecule has 0 fully saturated rings. The van der Waals surface area contributed by atoms with Gasteiger partial charge in [0.15, 0.2) is 5.78 Å². The highest BCUT2D eigenvalue weighted by atomic mass is 16.2. The number of urea groups is 1. The topological polar surface area (TPSA) is 113 Å². The summed E-state index contributed by atoms with van der Waals surface area (Å²) in [5, 5.41) is 9.20. The van der Waals surface area contributed by atoms with Crippen LogP contribution >= 0.6 is 0 Å². The second-order valence-electron chi connectivity index (χ2n) is 11.4. The van der Waals surface area contributed by atoms with Crippen LogP contribution in [0.25, 0.3) is 0 Å². The fourth-order valence-electron chi connectivity index (χ4n) is 5.03. The first-order valence-electron chi connectivity index (χ1n) is 15.9. The van der Waals surface area contributed by atoms with Gasteiger partial charge in [-0.05, 0) is 44.6 Å². The van der Waals surface area contributed by atoms with E-state index in [0.29, 0.717) is 19.4 Å². The quantitative estimate of drug-likeness (QED) is 0.0925. The minimum Gasteiger partial charge on any atom is -0.352 e. The molecule has 1 unspecified atom stereocenters. The summed E-state index contributed by atoms with van der Waals surface area (Å²) in [7, 11) is 0. The summed E-state index contributed by atoms with van der Waals surface area (Å²) in [6.07, 6.45) is 17.9. The molecule has 0 aromatic carbocycles. The number of nitrogens with one attached hydrogen (secondary N) is 3. The number of rotatable bonds is 26. The lowest BCUT2D eigenvalue weighted by molar-refractivity contribution is -0.132. The molecule has 5 N–H and O–H groups in total. The Bertz CT molecular complexity index is 612. The molecule has 7 nitrogen and oxygen atoms in total. The Morgan fingerprint density at radius 3 is 1.74 bits per heavy atom. The maximum absolute atomic E-state index is 13.8. The lowest BCUT2D eigenvalue weighted by Crippen LogP contribution is -2.53. The van der Waals surface area contributed by atoms with Gasteiger partial charge >= 0.3 is 6.03 Å². The van der Waals surface area contributed by atoms with Crippen LogP contribution in [-0.4, -0.2) is 42.9 Å². The lowest BCUT2D eigenvalue weighted by Gasteiger charge is -2.28. The number of nitrogens with two attached hydrogens (primary N) is 1. The van der Waals surface area contributed by atoms with E-state index in [-0.39, 0.29) is 29.6 Å². The van der Waals surface area contributed by atoms with Crippen molar-refractivity contribution in [3.05, 3.63) is 0 Å². The molecule has 0 aliphatic carbocycles. The van der Waals surface area contributed by atoms with E-state index in [1.165, 1.54) is 44.9 Å². The van der Waals surface area contributed by atoms with Gasteiger partial charge in [0.1, 0.15) is 0 Å². The molecule has 3 atom stereocenters. The fourth-order valence-corrected chi connectivity index (χ4v) is 5.03. The predicted molar refractivity (Wildman–Crippen MR) is 160 cm³/mol. The van der Waals surface area contributed by atoms with Crippen molar-refractivity contribution in [3.8, 4) is 0 Å². The number of carbonyl (C=O) groups is 3. The van der Waals surface area contributed by atoms with Crippen molar-refractivity contribution in [2.75, 3.05) is 13.1 Å². The molecule has 0 aromatic heterocycles. The number of hydrogen-bond donors (Lipinski definition) is 4. The molecule has 7 heteroatoms. The highest BCUT2D eigenvalue weighted by Gasteiger charge is 2.30. The van der Waals surface area contributed by atoms with Crippen molar-refractivity contribution in [2.45, 2.75) is 156 Å². The number of hydrogen-bond acceptors (Lipinski definition) is 4. The normalized spacial score (nSPS) is 13.7. The minimum absolute atomic E-state index is 0.0263. The zero-order chi connectivity index (χ0) is 28.6. The Hall–Kier alpha value is -1.63. The van der Waals surface area contributed by atoms with E-state index < -0.39 is 12.1 Å². The number of ketones is 1. The maximum Gasteiger partial charge on any atom is 0.312 e. The summed E-state index contributed by atoms with van der Waals surface area (Å²) in [6, 6.07) is -1.43. The number of primary amides is 1. The van der Waals surface area contributed by atoms with Crippen molar-refractivity contribution >= 4 is 17.7 Å². The Kier molecular flexibility index (Phi) is 23.4. The maximum atomic E-state index is 13.8. The van der Waals surface area contributed by atoms with Crippen LogP contribution in [0.1, 0.15) is 144 Å². The summed E-state index contributed by atoms with van der Waals surface area (Å²) >= 11 is 0. The summed E-state index contributed by atoms with van der Waals surface area (Å²) < 4.78 is 0. The molecule has 0 spiro atoms. The molecule has 0 heterocycles. The molecule has 224 valence electrons.